The maximum Gasteiger partial charge on any atom is 0.247 e. The Hall–Kier alpha value is -4.61. The lowest BCUT2D eigenvalue weighted by Crippen LogP contribution is -2.37. The maximum absolute atomic E-state index is 12.5. The number of methoxy groups -OCH3 is 1. The van der Waals surface area contributed by atoms with Crippen molar-refractivity contribution in [2.24, 2.45) is 13.0 Å². The fourth-order valence-electron chi connectivity index (χ4n) is 5.45. The van der Waals surface area contributed by atoms with Gasteiger partial charge in [-0.2, -0.15) is 10.1 Å². The molecule has 0 aliphatic carbocycles. The van der Waals surface area contributed by atoms with Crippen LogP contribution in [0.5, 0.6) is 5.75 Å². The number of aromatic nitrogens is 4. The Morgan fingerprint density at radius 2 is 1.98 bits per heavy atom. The summed E-state index contributed by atoms with van der Waals surface area (Å²) in [4.78, 5) is 26.1. The van der Waals surface area contributed by atoms with Crippen LogP contribution >= 0.6 is 11.6 Å². The summed E-state index contributed by atoms with van der Waals surface area (Å²) in [5, 5.41) is 14.4. The van der Waals surface area contributed by atoms with E-state index in [-0.39, 0.29) is 17.9 Å². The molecule has 1 unspecified atom stereocenters. The van der Waals surface area contributed by atoms with Gasteiger partial charge in [0.15, 0.2) is 5.82 Å². The van der Waals surface area contributed by atoms with Crippen LogP contribution in [0.2, 0.25) is 5.02 Å². The van der Waals surface area contributed by atoms with Crippen molar-refractivity contribution in [1.82, 2.24) is 24.6 Å². The second-order valence-electron chi connectivity index (χ2n) is 11.0. The molecule has 0 spiro atoms. The summed E-state index contributed by atoms with van der Waals surface area (Å²) >= 11 is 6.53. The lowest BCUT2D eigenvalue weighted by Gasteiger charge is -2.33. The van der Waals surface area contributed by atoms with Crippen LogP contribution in [0.25, 0.3) is 11.3 Å². The Morgan fingerprint density at radius 1 is 1.18 bits per heavy atom. The zero-order chi connectivity index (χ0) is 31.4. The minimum atomic E-state index is -0.315. The number of hydrogen-bond acceptors (Lipinski definition) is 9. The van der Waals surface area contributed by atoms with E-state index in [1.165, 1.54) is 12.3 Å². The second kappa shape index (κ2) is 13.4. The summed E-state index contributed by atoms with van der Waals surface area (Å²) in [6.07, 6.45) is 5.78. The van der Waals surface area contributed by atoms with E-state index in [0.29, 0.717) is 33.9 Å². The number of carbonyl (C=O) groups is 1. The summed E-state index contributed by atoms with van der Waals surface area (Å²) in [6, 6.07) is 13.7. The van der Waals surface area contributed by atoms with Crippen LogP contribution in [0, 0.1) is 5.92 Å². The molecule has 3 heterocycles. The van der Waals surface area contributed by atoms with Gasteiger partial charge in [0, 0.05) is 50.2 Å². The standard InChI is InChI=1S/C32H38ClN9O2/c1-7-30(43)35-26-16-27(29(44-6)17-28(26)42(5)20(2)21-12-14-40(3)19-21)37-32-34-18-23(33)31(38-32)36-24-11-9-8-10-22(24)25-13-15-41(4)39-25/h7-11,13,15-18,20-21H,1,12,14,19H2,2-6H3,(H,35,43)(H2,34,36,37,38)/t20?,21-/m0/s1. The van der Waals surface area contributed by atoms with Gasteiger partial charge in [-0.15, -0.1) is 0 Å². The molecular formula is C32H38ClN9O2. The number of anilines is 6. The first kappa shape index (κ1) is 30.8. The highest BCUT2D eigenvalue weighted by atomic mass is 35.5. The number of nitrogens with one attached hydrogen (secondary N) is 3. The van der Waals surface area contributed by atoms with Crippen LogP contribution in [0.4, 0.5) is 34.5 Å². The molecule has 4 aromatic rings. The monoisotopic (exact) mass is 615 g/mol. The number of halogens is 1. The Balaban J connectivity index is 1.46. The van der Waals surface area contributed by atoms with Gasteiger partial charge in [-0.25, -0.2) is 4.98 Å². The van der Waals surface area contributed by atoms with Crippen molar-refractivity contribution in [2.45, 2.75) is 19.4 Å². The van der Waals surface area contributed by atoms with Gasteiger partial charge >= 0.3 is 0 Å². The van der Waals surface area contributed by atoms with Gasteiger partial charge in [-0.3, -0.25) is 9.48 Å². The smallest absolute Gasteiger partial charge is 0.247 e. The normalized spacial score (nSPS) is 15.5. The Labute approximate surface area is 262 Å². The van der Waals surface area contributed by atoms with Crippen molar-refractivity contribution in [1.29, 1.82) is 0 Å². The Bertz CT molecular complexity index is 1660. The quantitative estimate of drug-likeness (QED) is 0.177. The first-order chi connectivity index (χ1) is 21.2. The lowest BCUT2D eigenvalue weighted by atomic mass is 9.98. The van der Waals surface area contributed by atoms with Crippen LogP contribution < -0.4 is 25.6 Å². The van der Waals surface area contributed by atoms with Crippen LogP contribution in [0.3, 0.4) is 0 Å². The third kappa shape index (κ3) is 6.79. The van der Waals surface area contributed by atoms with Gasteiger partial charge in [-0.1, -0.05) is 36.4 Å². The minimum absolute atomic E-state index is 0.227. The number of ether oxygens (including phenoxy) is 1. The van der Waals surface area contributed by atoms with E-state index < -0.39 is 0 Å². The first-order valence-electron chi connectivity index (χ1n) is 14.4. The molecule has 2 atom stereocenters. The molecule has 12 heteroatoms. The molecule has 1 aliphatic heterocycles. The Morgan fingerprint density at radius 3 is 2.66 bits per heavy atom. The van der Waals surface area contributed by atoms with E-state index in [0.717, 1.165) is 42.1 Å². The molecule has 2 aromatic heterocycles. The van der Waals surface area contributed by atoms with Crippen LogP contribution in [-0.4, -0.2) is 70.9 Å². The van der Waals surface area contributed by atoms with Gasteiger partial charge in [0.25, 0.3) is 0 Å². The number of likely N-dealkylation sites (tertiary alicyclic amines) is 1. The lowest BCUT2D eigenvalue weighted by molar-refractivity contribution is -0.111. The average Bonchev–Trinajstić information content (AvgIpc) is 3.66. The minimum Gasteiger partial charge on any atom is -0.494 e. The van der Waals surface area contributed by atoms with Crippen LogP contribution in [0.15, 0.2) is 67.5 Å². The summed E-state index contributed by atoms with van der Waals surface area (Å²) in [5.41, 5.74) is 4.52. The molecule has 5 rings (SSSR count). The van der Waals surface area contributed by atoms with E-state index in [4.69, 9.17) is 16.3 Å². The highest BCUT2D eigenvalue weighted by molar-refractivity contribution is 6.33. The van der Waals surface area contributed by atoms with Gasteiger partial charge in [0.05, 0.1) is 36.1 Å². The largest absolute Gasteiger partial charge is 0.494 e. The zero-order valence-electron chi connectivity index (χ0n) is 25.6. The molecule has 1 saturated heterocycles. The highest BCUT2D eigenvalue weighted by Crippen LogP contribution is 2.40. The molecule has 0 bridgehead atoms. The molecule has 1 amide bonds. The van der Waals surface area contributed by atoms with Crippen molar-refractivity contribution in [2.75, 3.05) is 55.1 Å². The number of hydrogen-bond donors (Lipinski definition) is 3. The van der Waals surface area contributed by atoms with Crippen molar-refractivity contribution >= 4 is 52.0 Å². The molecule has 0 radical (unpaired) electrons. The van der Waals surface area contributed by atoms with Crippen molar-refractivity contribution in [3.63, 3.8) is 0 Å². The number of amides is 1. The van der Waals surface area contributed by atoms with Gasteiger partial charge in [-0.05, 0) is 57.1 Å². The fourth-order valence-corrected chi connectivity index (χ4v) is 5.59. The topological polar surface area (TPSA) is 112 Å². The molecule has 1 aliphatic rings. The van der Waals surface area contributed by atoms with Crippen molar-refractivity contribution in [3.05, 3.63) is 72.5 Å². The highest BCUT2D eigenvalue weighted by Gasteiger charge is 2.29. The molecule has 0 saturated carbocycles. The van der Waals surface area contributed by atoms with E-state index in [9.17, 15) is 4.79 Å². The number of para-hydroxylation sites is 1. The predicted octanol–water partition coefficient (Wildman–Crippen LogP) is 5.93. The first-order valence-corrected chi connectivity index (χ1v) is 14.8. The predicted molar refractivity (Wildman–Crippen MR) is 178 cm³/mol. The number of carbonyl (C=O) groups excluding carboxylic acids is 1. The van der Waals surface area contributed by atoms with Gasteiger partial charge in [0.2, 0.25) is 11.9 Å². The van der Waals surface area contributed by atoms with Crippen LogP contribution in [-0.2, 0) is 11.8 Å². The Kier molecular flexibility index (Phi) is 9.36. The maximum atomic E-state index is 12.5. The molecule has 1 fully saturated rings. The fraction of sp³-hybridized carbons (Fsp3) is 0.312. The average molecular weight is 616 g/mol. The van der Waals surface area contributed by atoms with Crippen LogP contribution in [0.1, 0.15) is 13.3 Å². The molecule has 2 aromatic carbocycles. The number of nitrogens with zero attached hydrogens (tertiary/aromatic N) is 6. The molecule has 230 valence electrons. The molecule has 44 heavy (non-hydrogen) atoms. The molecular weight excluding hydrogens is 578 g/mol. The van der Waals surface area contributed by atoms with Gasteiger partial charge < -0.3 is 30.5 Å². The van der Waals surface area contributed by atoms with E-state index in [1.54, 1.807) is 11.8 Å². The van der Waals surface area contributed by atoms with Gasteiger partial charge in [0.1, 0.15) is 10.8 Å². The summed E-state index contributed by atoms with van der Waals surface area (Å²) in [6.45, 7) is 7.93. The SMILES string of the molecule is C=CC(=O)Nc1cc(Nc2ncc(Cl)c(Nc3ccccc3-c3ccn(C)n3)n2)c(OC)cc1N(C)C(C)[C@H]1CCN(C)C1. The summed E-state index contributed by atoms with van der Waals surface area (Å²) < 4.78 is 7.55. The number of aryl methyl sites for hydroxylation is 1. The molecule has 11 nitrogen and oxygen atoms in total. The third-order valence-electron chi connectivity index (χ3n) is 8.02. The number of benzene rings is 2. The van der Waals surface area contributed by atoms with E-state index in [2.05, 4.69) is 61.4 Å². The summed E-state index contributed by atoms with van der Waals surface area (Å²) in [5.74, 6) is 1.44. The van der Waals surface area contributed by atoms with E-state index in [1.807, 2.05) is 62.8 Å². The summed E-state index contributed by atoms with van der Waals surface area (Å²) in [7, 11) is 7.66. The zero-order valence-corrected chi connectivity index (χ0v) is 26.4. The van der Waals surface area contributed by atoms with Crippen molar-refractivity contribution in [3.8, 4) is 17.0 Å². The third-order valence-corrected chi connectivity index (χ3v) is 8.30. The second-order valence-corrected chi connectivity index (χ2v) is 11.4. The number of rotatable bonds is 11. The molecule has 3 N–H and O–H groups in total. The van der Waals surface area contributed by atoms with E-state index >= 15 is 0 Å². The van der Waals surface area contributed by atoms with Crippen molar-refractivity contribution < 1.29 is 9.53 Å².